The number of nitrogens with zero attached hydrogens (tertiary/aromatic N) is 1. The monoisotopic (exact) mass is 255 g/mol. The van der Waals surface area contributed by atoms with Crippen LogP contribution in [0.25, 0.3) is 0 Å². The molecule has 0 atom stereocenters. The predicted octanol–water partition coefficient (Wildman–Crippen LogP) is 2.23. The molecule has 0 unspecified atom stereocenters. The average molecular weight is 255 g/mol. The van der Waals surface area contributed by atoms with Crippen molar-refractivity contribution in [3.8, 4) is 0 Å². The summed E-state index contributed by atoms with van der Waals surface area (Å²) in [6.45, 7) is 4.93. The highest BCUT2D eigenvalue weighted by atomic mass is 16.5. The Labute approximate surface area is 111 Å². The molecule has 0 bridgehead atoms. The number of hydrogen-bond acceptors (Lipinski definition) is 3. The van der Waals surface area contributed by atoms with E-state index in [0.717, 1.165) is 25.6 Å². The molecular weight excluding hydrogens is 226 g/mol. The van der Waals surface area contributed by atoms with Crippen molar-refractivity contribution in [2.75, 3.05) is 26.8 Å². The maximum Gasteiger partial charge on any atom is 0.0918 e. The van der Waals surface area contributed by atoms with E-state index in [-0.39, 0.29) is 0 Å². The first-order valence-corrected chi connectivity index (χ1v) is 7.23. The molecule has 1 fully saturated rings. The second kappa shape index (κ2) is 8.48. The molecule has 3 N–H and O–H groups in total. The maximum absolute atomic E-state index is 7.36. The number of amidine groups is 1. The number of rotatable bonds is 8. The minimum atomic E-state index is 0.291. The fourth-order valence-corrected chi connectivity index (χ4v) is 2.87. The zero-order valence-corrected chi connectivity index (χ0v) is 12.0. The van der Waals surface area contributed by atoms with Crippen LogP contribution in [0.2, 0.25) is 0 Å². The van der Waals surface area contributed by atoms with Crippen LogP contribution in [0.3, 0.4) is 0 Å². The lowest BCUT2D eigenvalue weighted by Gasteiger charge is -2.36. The first-order chi connectivity index (χ1) is 8.67. The van der Waals surface area contributed by atoms with Gasteiger partial charge in [-0.1, -0.05) is 13.3 Å². The lowest BCUT2D eigenvalue weighted by Crippen LogP contribution is -2.41. The van der Waals surface area contributed by atoms with Crippen LogP contribution in [0, 0.1) is 11.3 Å². The van der Waals surface area contributed by atoms with Crippen molar-refractivity contribution in [2.24, 2.45) is 11.7 Å². The molecule has 0 aromatic heterocycles. The second-order valence-corrected chi connectivity index (χ2v) is 5.39. The summed E-state index contributed by atoms with van der Waals surface area (Å²) in [5.41, 5.74) is 5.47. The number of nitrogens with two attached hydrogens (primary N) is 1. The predicted molar refractivity (Wildman–Crippen MR) is 76.0 cm³/mol. The number of methoxy groups -OCH3 is 1. The Morgan fingerprint density at radius 2 is 1.94 bits per heavy atom. The zero-order valence-electron chi connectivity index (χ0n) is 12.0. The molecule has 0 aliphatic heterocycles. The van der Waals surface area contributed by atoms with Crippen molar-refractivity contribution in [2.45, 2.75) is 51.5 Å². The fraction of sp³-hybridized carbons (Fsp3) is 0.929. The van der Waals surface area contributed by atoms with Crippen molar-refractivity contribution in [3.63, 3.8) is 0 Å². The Kier molecular flexibility index (Phi) is 7.28. The van der Waals surface area contributed by atoms with Crippen LogP contribution in [-0.4, -0.2) is 43.6 Å². The summed E-state index contributed by atoms with van der Waals surface area (Å²) in [6, 6.07) is 0.669. The van der Waals surface area contributed by atoms with Gasteiger partial charge in [-0.2, -0.15) is 0 Å². The first-order valence-electron chi connectivity index (χ1n) is 7.23. The van der Waals surface area contributed by atoms with Crippen LogP contribution in [0.5, 0.6) is 0 Å². The van der Waals surface area contributed by atoms with Gasteiger partial charge in [0.05, 0.1) is 12.4 Å². The molecule has 4 heteroatoms. The van der Waals surface area contributed by atoms with Gasteiger partial charge in [-0.05, 0) is 31.6 Å². The molecule has 0 heterocycles. The molecule has 1 rings (SSSR count). The summed E-state index contributed by atoms with van der Waals surface area (Å²) in [7, 11) is 1.75. The van der Waals surface area contributed by atoms with Crippen molar-refractivity contribution in [1.29, 1.82) is 5.41 Å². The van der Waals surface area contributed by atoms with Crippen LogP contribution in [0.15, 0.2) is 0 Å². The summed E-state index contributed by atoms with van der Waals surface area (Å²) in [5, 5.41) is 7.36. The topological polar surface area (TPSA) is 62.3 Å². The van der Waals surface area contributed by atoms with Crippen LogP contribution in [0.4, 0.5) is 0 Å². The van der Waals surface area contributed by atoms with Gasteiger partial charge >= 0.3 is 0 Å². The van der Waals surface area contributed by atoms with E-state index < -0.39 is 0 Å². The molecule has 0 aromatic carbocycles. The van der Waals surface area contributed by atoms with E-state index in [1.54, 1.807) is 7.11 Å². The van der Waals surface area contributed by atoms with Gasteiger partial charge in [-0.3, -0.25) is 10.3 Å². The Morgan fingerprint density at radius 1 is 1.28 bits per heavy atom. The van der Waals surface area contributed by atoms with E-state index in [4.69, 9.17) is 15.9 Å². The molecule has 0 aromatic rings. The lowest BCUT2D eigenvalue weighted by molar-refractivity contribution is 0.0944. The molecule has 18 heavy (non-hydrogen) atoms. The third-order valence-electron chi connectivity index (χ3n) is 4.16. The highest BCUT2D eigenvalue weighted by Crippen LogP contribution is 2.29. The minimum absolute atomic E-state index is 0.291. The Balaban J connectivity index is 2.40. The average Bonchev–Trinajstić information content (AvgIpc) is 2.39. The first kappa shape index (κ1) is 15.4. The van der Waals surface area contributed by atoms with Gasteiger partial charge in [0.25, 0.3) is 0 Å². The minimum Gasteiger partial charge on any atom is -0.388 e. The van der Waals surface area contributed by atoms with Gasteiger partial charge in [0.1, 0.15) is 0 Å². The van der Waals surface area contributed by atoms with Crippen molar-refractivity contribution < 1.29 is 4.74 Å². The normalized spacial score (nSPS) is 24.4. The fourth-order valence-electron chi connectivity index (χ4n) is 2.87. The molecule has 0 spiro atoms. The van der Waals surface area contributed by atoms with E-state index in [1.165, 1.54) is 32.1 Å². The zero-order chi connectivity index (χ0) is 13.4. The molecule has 1 aliphatic rings. The lowest BCUT2D eigenvalue weighted by atomic mass is 9.84. The summed E-state index contributed by atoms with van der Waals surface area (Å²) in [6.07, 6.45) is 7.28. The second-order valence-electron chi connectivity index (χ2n) is 5.39. The Bertz CT molecular complexity index is 237. The van der Waals surface area contributed by atoms with Gasteiger partial charge < -0.3 is 10.5 Å². The van der Waals surface area contributed by atoms with Gasteiger partial charge in [0.2, 0.25) is 0 Å². The summed E-state index contributed by atoms with van der Waals surface area (Å²) < 4.78 is 5.19. The van der Waals surface area contributed by atoms with Gasteiger partial charge in [0.15, 0.2) is 0 Å². The highest BCUT2D eigenvalue weighted by molar-refractivity contribution is 5.76. The summed E-state index contributed by atoms with van der Waals surface area (Å²) in [5.74, 6) is 1.22. The van der Waals surface area contributed by atoms with Gasteiger partial charge in [0, 0.05) is 32.7 Å². The molecule has 1 saturated carbocycles. The molecule has 0 radical (unpaired) electrons. The quantitative estimate of drug-likeness (QED) is 0.516. The molecule has 106 valence electrons. The van der Waals surface area contributed by atoms with Crippen molar-refractivity contribution in [1.82, 2.24) is 4.90 Å². The van der Waals surface area contributed by atoms with Crippen LogP contribution >= 0.6 is 0 Å². The maximum atomic E-state index is 7.36. The molecule has 0 saturated heterocycles. The number of nitrogens with one attached hydrogen (secondary N) is 1. The van der Waals surface area contributed by atoms with Crippen LogP contribution in [-0.2, 0) is 4.74 Å². The standard InChI is InChI=1S/C14H29N3O/c1-3-12-4-6-13(7-5-12)17(10-11-18-2)9-8-14(15)16/h12-13H,3-11H2,1-2H3,(H3,15,16). The molecule has 4 nitrogen and oxygen atoms in total. The highest BCUT2D eigenvalue weighted by Gasteiger charge is 2.24. The largest absolute Gasteiger partial charge is 0.388 e. The smallest absolute Gasteiger partial charge is 0.0918 e. The van der Waals surface area contributed by atoms with Crippen molar-refractivity contribution >= 4 is 5.84 Å². The van der Waals surface area contributed by atoms with E-state index in [9.17, 15) is 0 Å². The van der Waals surface area contributed by atoms with Crippen LogP contribution in [0.1, 0.15) is 45.4 Å². The SMILES string of the molecule is CCC1CCC(N(CCOC)CCC(=N)N)CC1. The van der Waals surface area contributed by atoms with Crippen molar-refractivity contribution in [3.05, 3.63) is 0 Å². The van der Waals surface area contributed by atoms with E-state index in [1.807, 2.05) is 0 Å². The molecule has 1 aliphatic carbocycles. The Morgan fingerprint density at radius 3 is 2.44 bits per heavy atom. The summed E-state index contributed by atoms with van der Waals surface area (Å²) in [4.78, 5) is 2.47. The third kappa shape index (κ3) is 5.36. The molecular formula is C14H29N3O. The third-order valence-corrected chi connectivity index (χ3v) is 4.16. The van der Waals surface area contributed by atoms with E-state index >= 15 is 0 Å². The van der Waals surface area contributed by atoms with Gasteiger partial charge in [-0.15, -0.1) is 0 Å². The van der Waals surface area contributed by atoms with Crippen LogP contribution < -0.4 is 5.73 Å². The summed E-state index contributed by atoms with van der Waals surface area (Å²) >= 11 is 0. The number of hydrogen-bond donors (Lipinski definition) is 2. The molecule has 0 amide bonds. The van der Waals surface area contributed by atoms with E-state index in [2.05, 4.69) is 11.8 Å². The van der Waals surface area contributed by atoms with Gasteiger partial charge in [-0.25, -0.2) is 0 Å². The number of ether oxygens (including phenoxy) is 1. The Hall–Kier alpha value is -0.610. The van der Waals surface area contributed by atoms with E-state index in [0.29, 0.717) is 18.3 Å².